The van der Waals surface area contributed by atoms with Crippen molar-refractivity contribution in [2.45, 2.75) is 11.8 Å². The molecule has 1 aromatic rings. The highest BCUT2D eigenvalue weighted by atomic mass is 32.2. The van der Waals surface area contributed by atoms with Crippen LogP contribution in [0.2, 0.25) is 0 Å². The van der Waals surface area contributed by atoms with Crippen molar-refractivity contribution in [3.05, 3.63) is 29.8 Å². The SMILES string of the molecule is CCNC(=O)NC(=O)CSc1ccc(C(=O)O)cc1. The zero-order chi connectivity index (χ0) is 14.3. The van der Waals surface area contributed by atoms with Crippen LogP contribution in [0.15, 0.2) is 29.2 Å². The van der Waals surface area contributed by atoms with Gasteiger partial charge in [-0.05, 0) is 31.2 Å². The Kier molecular flexibility index (Phi) is 5.87. The average Bonchev–Trinajstić information content (AvgIpc) is 2.37. The largest absolute Gasteiger partial charge is 0.478 e. The van der Waals surface area contributed by atoms with Crippen LogP contribution in [0.1, 0.15) is 17.3 Å². The predicted molar refractivity (Wildman–Crippen MR) is 71.3 cm³/mol. The van der Waals surface area contributed by atoms with Gasteiger partial charge in [0.2, 0.25) is 5.91 Å². The lowest BCUT2D eigenvalue weighted by atomic mass is 10.2. The van der Waals surface area contributed by atoms with E-state index in [1.807, 2.05) is 0 Å². The van der Waals surface area contributed by atoms with Crippen LogP contribution in [0.25, 0.3) is 0 Å². The standard InChI is InChI=1S/C12H14N2O4S/c1-2-13-12(18)14-10(15)7-19-9-5-3-8(4-6-9)11(16)17/h3-6H,2,7H2,1H3,(H,16,17)(H2,13,14,15,18). The van der Waals surface area contributed by atoms with Gasteiger partial charge in [-0.3, -0.25) is 10.1 Å². The molecule has 0 aliphatic carbocycles. The van der Waals surface area contributed by atoms with Gasteiger partial charge in [-0.25, -0.2) is 9.59 Å². The first-order chi connectivity index (χ1) is 9.02. The minimum absolute atomic E-state index is 0.0869. The lowest BCUT2D eigenvalue weighted by molar-refractivity contribution is -0.117. The third-order valence-electron chi connectivity index (χ3n) is 2.06. The molecule has 0 heterocycles. The minimum atomic E-state index is -0.995. The second kappa shape index (κ2) is 7.42. The number of urea groups is 1. The smallest absolute Gasteiger partial charge is 0.335 e. The van der Waals surface area contributed by atoms with Crippen molar-refractivity contribution in [3.63, 3.8) is 0 Å². The molecule has 19 heavy (non-hydrogen) atoms. The van der Waals surface area contributed by atoms with Crippen LogP contribution in [0, 0.1) is 0 Å². The third kappa shape index (κ3) is 5.43. The highest BCUT2D eigenvalue weighted by Crippen LogP contribution is 2.18. The molecule has 0 aliphatic rings. The van der Waals surface area contributed by atoms with Gasteiger partial charge in [0, 0.05) is 11.4 Å². The molecule has 0 spiro atoms. The molecule has 0 saturated carbocycles. The Morgan fingerprint density at radius 1 is 1.21 bits per heavy atom. The van der Waals surface area contributed by atoms with Crippen molar-refractivity contribution in [2.24, 2.45) is 0 Å². The first-order valence-electron chi connectivity index (χ1n) is 5.56. The van der Waals surface area contributed by atoms with Crippen LogP contribution in [0.5, 0.6) is 0 Å². The summed E-state index contributed by atoms with van der Waals surface area (Å²) >= 11 is 1.22. The van der Waals surface area contributed by atoms with Crippen LogP contribution in [-0.4, -0.2) is 35.3 Å². The van der Waals surface area contributed by atoms with Crippen molar-refractivity contribution in [3.8, 4) is 0 Å². The number of carbonyl (C=O) groups excluding carboxylic acids is 2. The number of amides is 3. The Bertz CT molecular complexity index is 473. The van der Waals surface area contributed by atoms with Crippen LogP contribution in [0.4, 0.5) is 4.79 Å². The fraction of sp³-hybridized carbons (Fsp3) is 0.250. The van der Waals surface area contributed by atoms with Gasteiger partial charge in [0.25, 0.3) is 0 Å². The Labute approximate surface area is 114 Å². The maximum Gasteiger partial charge on any atom is 0.335 e. The Morgan fingerprint density at radius 3 is 2.37 bits per heavy atom. The van der Waals surface area contributed by atoms with Gasteiger partial charge in [-0.15, -0.1) is 11.8 Å². The number of rotatable bonds is 5. The summed E-state index contributed by atoms with van der Waals surface area (Å²) in [5.74, 6) is -1.31. The van der Waals surface area contributed by atoms with Crippen molar-refractivity contribution in [2.75, 3.05) is 12.3 Å². The molecule has 0 aliphatic heterocycles. The summed E-state index contributed by atoms with van der Waals surface area (Å²) in [6.07, 6.45) is 0. The van der Waals surface area contributed by atoms with Gasteiger partial charge >= 0.3 is 12.0 Å². The van der Waals surface area contributed by atoms with E-state index in [1.54, 1.807) is 19.1 Å². The molecule has 1 rings (SSSR count). The zero-order valence-corrected chi connectivity index (χ0v) is 11.1. The molecule has 6 nitrogen and oxygen atoms in total. The van der Waals surface area contributed by atoms with Gasteiger partial charge in [0.1, 0.15) is 0 Å². The van der Waals surface area contributed by atoms with Gasteiger partial charge in [0.05, 0.1) is 11.3 Å². The first-order valence-corrected chi connectivity index (χ1v) is 6.55. The number of imide groups is 1. The van der Waals surface area contributed by atoms with Gasteiger partial charge < -0.3 is 10.4 Å². The van der Waals surface area contributed by atoms with E-state index in [4.69, 9.17) is 5.11 Å². The Balaban J connectivity index is 2.42. The molecule has 0 saturated heterocycles. The number of aromatic carboxylic acids is 1. The van der Waals surface area contributed by atoms with E-state index in [1.165, 1.54) is 23.9 Å². The van der Waals surface area contributed by atoms with Crippen LogP contribution in [-0.2, 0) is 4.79 Å². The molecule has 0 radical (unpaired) electrons. The number of nitrogens with one attached hydrogen (secondary N) is 2. The van der Waals surface area contributed by atoms with E-state index in [9.17, 15) is 14.4 Å². The molecule has 0 aromatic heterocycles. The van der Waals surface area contributed by atoms with E-state index in [2.05, 4.69) is 10.6 Å². The Morgan fingerprint density at radius 2 is 1.84 bits per heavy atom. The first kappa shape index (κ1) is 15.0. The van der Waals surface area contributed by atoms with E-state index < -0.39 is 17.9 Å². The number of hydrogen-bond acceptors (Lipinski definition) is 4. The number of benzene rings is 1. The number of carbonyl (C=O) groups is 3. The summed E-state index contributed by atoms with van der Waals surface area (Å²) in [5.41, 5.74) is 0.191. The summed E-state index contributed by atoms with van der Waals surface area (Å²) < 4.78 is 0. The second-order valence-electron chi connectivity index (χ2n) is 3.53. The summed E-state index contributed by atoms with van der Waals surface area (Å²) in [6.45, 7) is 2.20. The Hall–Kier alpha value is -2.02. The summed E-state index contributed by atoms with van der Waals surface area (Å²) in [4.78, 5) is 33.9. The summed E-state index contributed by atoms with van der Waals surface area (Å²) in [6, 6.07) is 5.65. The normalized spacial score (nSPS) is 9.74. The third-order valence-corrected chi connectivity index (χ3v) is 3.07. The quantitative estimate of drug-likeness (QED) is 0.708. The van der Waals surface area contributed by atoms with E-state index in [0.717, 1.165) is 4.90 Å². The van der Waals surface area contributed by atoms with Crippen molar-refractivity contribution in [1.82, 2.24) is 10.6 Å². The molecule has 1 aromatic carbocycles. The molecule has 102 valence electrons. The van der Waals surface area contributed by atoms with Crippen LogP contribution < -0.4 is 10.6 Å². The molecule has 0 atom stereocenters. The molecular formula is C12H14N2O4S. The maximum absolute atomic E-state index is 11.4. The second-order valence-corrected chi connectivity index (χ2v) is 4.57. The van der Waals surface area contributed by atoms with Crippen LogP contribution >= 0.6 is 11.8 Å². The van der Waals surface area contributed by atoms with Crippen molar-refractivity contribution < 1.29 is 19.5 Å². The fourth-order valence-corrected chi connectivity index (χ4v) is 1.91. The van der Waals surface area contributed by atoms with Crippen LogP contribution in [0.3, 0.4) is 0 Å². The van der Waals surface area contributed by atoms with E-state index in [0.29, 0.717) is 6.54 Å². The lowest BCUT2D eigenvalue weighted by Gasteiger charge is -2.04. The molecule has 7 heteroatoms. The minimum Gasteiger partial charge on any atom is -0.478 e. The number of carboxylic acid groups (broad SMARTS) is 1. The predicted octanol–water partition coefficient (Wildman–Crippen LogP) is 1.32. The van der Waals surface area contributed by atoms with Crippen molar-refractivity contribution in [1.29, 1.82) is 0 Å². The average molecular weight is 282 g/mol. The molecule has 0 bridgehead atoms. The molecule has 0 fully saturated rings. The summed E-state index contributed by atoms with van der Waals surface area (Å²) in [7, 11) is 0. The molecule has 3 N–H and O–H groups in total. The van der Waals surface area contributed by atoms with Gasteiger partial charge in [-0.1, -0.05) is 0 Å². The molecular weight excluding hydrogens is 268 g/mol. The van der Waals surface area contributed by atoms with Gasteiger partial charge in [-0.2, -0.15) is 0 Å². The maximum atomic E-state index is 11.4. The zero-order valence-electron chi connectivity index (χ0n) is 10.3. The lowest BCUT2D eigenvalue weighted by Crippen LogP contribution is -2.40. The van der Waals surface area contributed by atoms with Gasteiger partial charge in [0.15, 0.2) is 0 Å². The topological polar surface area (TPSA) is 95.5 Å². The number of thioether (sulfide) groups is 1. The highest BCUT2D eigenvalue weighted by Gasteiger charge is 2.07. The monoisotopic (exact) mass is 282 g/mol. The molecule has 0 unspecified atom stereocenters. The number of carboxylic acids is 1. The highest BCUT2D eigenvalue weighted by molar-refractivity contribution is 8.00. The van der Waals surface area contributed by atoms with Crippen molar-refractivity contribution >= 4 is 29.7 Å². The van der Waals surface area contributed by atoms with E-state index >= 15 is 0 Å². The summed E-state index contributed by atoms with van der Waals surface area (Å²) in [5, 5.41) is 13.4. The molecule has 3 amide bonds. The number of hydrogen-bond donors (Lipinski definition) is 3. The fourth-order valence-electron chi connectivity index (χ4n) is 1.21. The van der Waals surface area contributed by atoms with E-state index in [-0.39, 0.29) is 11.3 Å².